The number of thiazole rings is 1. The van der Waals surface area contributed by atoms with Gasteiger partial charge >= 0.3 is 0 Å². The number of hydrogen-bond acceptors (Lipinski definition) is 3. The number of hydrogen-bond donors (Lipinski definition) is 1. The average Bonchev–Trinajstić information content (AvgIpc) is 2.87. The van der Waals surface area contributed by atoms with Crippen molar-refractivity contribution in [3.63, 3.8) is 0 Å². The van der Waals surface area contributed by atoms with Gasteiger partial charge in [0.25, 0.3) is 0 Å². The Hall–Kier alpha value is -1.71. The lowest BCUT2D eigenvalue weighted by molar-refractivity contribution is 0.285. The zero-order valence-electron chi connectivity index (χ0n) is 9.84. The maximum absolute atomic E-state index is 9.06. The zero-order valence-corrected chi connectivity index (χ0v) is 10.7. The van der Waals surface area contributed by atoms with Crippen LogP contribution in [0.4, 0.5) is 0 Å². The van der Waals surface area contributed by atoms with Crippen molar-refractivity contribution in [1.82, 2.24) is 4.98 Å². The predicted molar refractivity (Wildman–Crippen MR) is 74.8 cm³/mol. The average molecular weight is 255 g/mol. The molecule has 2 nitrogen and oxygen atoms in total. The summed E-state index contributed by atoms with van der Waals surface area (Å²) in [6.07, 6.45) is 2.58. The molecule has 0 saturated carbocycles. The van der Waals surface area contributed by atoms with E-state index in [9.17, 15) is 0 Å². The molecule has 0 bridgehead atoms. The van der Waals surface area contributed by atoms with Gasteiger partial charge in [0, 0.05) is 12.6 Å². The van der Waals surface area contributed by atoms with Crippen molar-refractivity contribution in [1.29, 1.82) is 0 Å². The molecule has 90 valence electrons. The first-order valence-electron chi connectivity index (χ1n) is 5.88. The Labute approximate surface area is 110 Å². The third kappa shape index (κ3) is 2.15. The molecule has 0 spiro atoms. The molecule has 1 N–H and O–H groups in total. The van der Waals surface area contributed by atoms with Gasteiger partial charge < -0.3 is 5.11 Å². The van der Waals surface area contributed by atoms with E-state index in [0.717, 1.165) is 16.3 Å². The Morgan fingerprint density at radius 1 is 1.06 bits per heavy atom. The first-order valence-corrected chi connectivity index (χ1v) is 6.69. The van der Waals surface area contributed by atoms with Crippen LogP contribution in [-0.4, -0.2) is 10.1 Å². The molecule has 0 unspecified atom stereocenters. The van der Waals surface area contributed by atoms with E-state index in [4.69, 9.17) is 5.11 Å². The maximum Gasteiger partial charge on any atom is 0.0972 e. The molecular weight excluding hydrogens is 242 g/mol. The molecule has 0 radical (unpaired) electrons. The van der Waals surface area contributed by atoms with Crippen molar-refractivity contribution in [3.8, 4) is 0 Å². The molecule has 3 rings (SSSR count). The van der Waals surface area contributed by atoms with Crippen LogP contribution in [0.25, 0.3) is 10.8 Å². The van der Waals surface area contributed by atoms with E-state index in [-0.39, 0.29) is 6.61 Å². The Balaban J connectivity index is 1.99. The first-order chi connectivity index (χ1) is 8.86. The Kier molecular flexibility index (Phi) is 3.09. The summed E-state index contributed by atoms with van der Waals surface area (Å²) in [5.74, 6) is 0. The summed E-state index contributed by atoms with van der Waals surface area (Å²) in [7, 11) is 0. The topological polar surface area (TPSA) is 33.1 Å². The fourth-order valence-corrected chi connectivity index (χ4v) is 2.92. The molecule has 1 heterocycles. The summed E-state index contributed by atoms with van der Waals surface area (Å²) >= 11 is 1.58. The van der Waals surface area contributed by atoms with Gasteiger partial charge in [0.15, 0.2) is 0 Å². The molecule has 0 atom stereocenters. The van der Waals surface area contributed by atoms with Gasteiger partial charge in [-0.25, -0.2) is 4.98 Å². The lowest BCUT2D eigenvalue weighted by Crippen LogP contribution is -1.88. The van der Waals surface area contributed by atoms with Crippen LogP contribution in [0.3, 0.4) is 0 Å². The van der Waals surface area contributed by atoms with Crippen molar-refractivity contribution >= 4 is 22.1 Å². The van der Waals surface area contributed by atoms with E-state index in [0.29, 0.717) is 0 Å². The minimum absolute atomic E-state index is 0.0766. The molecule has 0 aliphatic heterocycles. The standard InChI is InChI=1S/C15H13NOS/c17-10-13-9-16-15(18-13)8-12-6-3-5-11-4-1-2-7-14(11)12/h1-7,9,17H,8,10H2. The van der Waals surface area contributed by atoms with Crippen LogP contribution >= 0.6 is 11.3 Å². The quantitative estimate of drug-likeness (QED) is 0.778. The Morgan fingerprint density at radius 2 is 1.89 bits per heavy atom. The molecule has 0 aliphatic rings. The SMILES string of the molecule is OCc1cnc(Cc2cccc3ccccc23)s1. The fraction of sp³-hybridized carbons (Fsp3) is 0.133. The molecule has 0 aliphatic carbocycles. The minimum atomic E-state index is 0.0766. The predicted octanol–water partition coefficient (Wildman–Crippen LogP) is 3.38. The Bertz CT molecular complexity index is 670. The van der Waals surface area contributed by atoms with Crippen LogP contribution < -0.4 is 0 Å². The van der Waals surface area contributed by atoms with E-state index >= 15 is 0 Å². The van der Waals surface area contributed by atoms with Crippen LogP contribution in [0.5, 0.6) is 0 Å². The molecular formula is C15H13NOS. The number of benzene rings is 2. The lowest BCUT2D eigenvalue weighted by Gasteiger charge is -2.04. The van der Waals surface area contributed by atoms with Crippen LogP contribution in [0, 0.1) is 0 Å². The minimum Gasteiger partial charge on any atom is -0.391 e. The van der Waals surface area contributed by atoms with Gasteiger partial charge in [-0.2, -0.15) is 0 Å². The largest absolute Gasteiger partial charge is 0.391 e. The van der Waals surface area contributed by atoms with E-state index in [1.807, 2.05) is 0 Å². The maximum atomic E-state index is 9.06. The van der Waals surface area contributed by atoms with Crippen LogP contribution in [0.15, 0.2) is 48.7 Å². The summed E-state index contributed by atoms with van der Waals surface area (Å²) in [5, 5.41) is 12.6. The lowest BCUT2D eigenvalue weighted by atomic mass is 10.0. The molecule has 0 saturated heterocycles. The number of aliphatic hydroxyl groups excluding tert-OH is 1. The van der Waals surface area contributed by atoms with Gasteiger partial charge in [-0.3, -0.25) is 0 Å². The third-order valence-corrected chi connectivity index (χ3v) is 3.96. The van der Waals surface area contributed by atoms with Gasteiger partial charge in [0.05, 0.1) is 16.5 Å². The number of aromatic nitrogens is 1. The van der Waals surface area contributed by atoms with Gasteiger partial charge in [-0.1, -0.05) is 42.5 Å². The van der Waals surface area contributed by atoms with Gasteiger partial charge in [0.1, 0.15) is 0 Å². The molecule has 0 fully saturated rings. The monoisotopic (exact) mass is 255 g/mol. The summed E-state index contributed by atoms with van der Waals surface area (Å²) in [6, 6.07) is 14.7. The van der Waals surface area contributed by atoms with Gasteiger partial charge in [-0.05, 0) is 16.3 Å². The van der Waals surface area contributed by atoms with E-state index in [1.165, 1.54) is 16.3 Å². The van der Waals surface area contributed by atoms with Gasteiger partial charge in [-0.15, -0.1) is 11.3 Å². The molecule has 2 aromatic carbocycles. The highest BCUT2D eigenvalue weighted by atomic mass is 32.1. The third-order valence-electron chi connectivity index (χ3n) is 2.98. The molecule has 3 aromatic rings. The van der Waals surface area contributed by atoms with Crippen molar-refractivity contribution in [2.24, 2.45) is 0 Å². The second-order valence-corrected chi connectivity index (χ2v) is 5.39. The van der Waals surface area contributed by atoms with Crippen LogP contribution in [0.1, 0.15) is 15.4 Å². The molecule has 3 heteroatoms. The number of nitrogens with zero attached hydrogens (tertiary/aromatic N) is 1. The first kappa shape index (κ1) is 11.4. The van der Waals surface area contributed by atoms with Gasteiger partial charge in [0.2, 0.25) is 0 Å². The Morgan fingerprint density at radius 3 is 2.72 bits per heavy atom. The molecule has 1 aromatic heterocycles. The summed E-state index contributed by atoms with van der Waals surface area (Å²) in [4.78, 5) is 5.27. The second-order valence-electron chi connectivity index (χ2n) is 4.19. The summed E-state index contributed by atoms with van der Waals surface area (Å²) in [5.41, 5.74) is 1.28. The summed E-state index contributed by atoms with van der Waals surface area (Å²) in [6.45, 7) is 0.0766. The van der Waals surface area contributed by atoms with Crippen molar-refractivity contribution in [3.05, 3.63) is 64.1 Å². The van der Waals surface area contributed by atoms with Crippen LogP contribution in [-0.2, 0) is 13.0 Å². The van der Waals surface area contributed by atoms with Crippen molar-refractivity contribution < 1.29 is 5.11 Å². The normalized spacial score (nSPS) is 10.9. The number of fused-ring (bicyclic) bond motifs is 1. The number of aliphatic hydroxyl groups is 1. The van der Waals surface area contributed by atoms with E-state index in [1.54, 1.807) is 17.5 Å². The fourth-order valence-electron chi connectivity index (χ4n) is 2.11. The highest BCUT2D eigenvalue weighted by Crippen LogP contribution is 2.23. The molecule has 18 heavy (non-hydrogen) atoms. The van der Waals surface area contributed by atoms with Crippen molar-refractivity contribution in [2.45, 2.75) is 13.0 Å². The van der Waals surface area contributed by atoms with Crippen LogP contribution in [0.2, 0.25) is 0 Å². The van der Waals surface area contributed by atoms with Crippen molar-refractivity contribution in [2.75, 3.05) is 0 Å². The van der Waals surface area contributed by atoms with E-state index < -0.39 is 0 Å². The number of rotatable bonds is 3. The highest BCUT2D eigenvalue weighted by Gasteiger charge is 2.05. The molecule has 0 amide bonds. The second kappa shape index (κ2) is 4.88. The summed E-state index contributed by atoms with van der Waals surface area (Å²) < 4.78 is 0. The highest BCUT2D eigenvalue weighted by molar-refractivity contribution is 7.11. The zero-order chi connectivity index (χ0) is 12.4. The van der Waals surface area contributed by atoms with E-state index in [2.05, 4.69) is 47.4 Å². The smallest absolute Gasteiger partial charge is 0.0972 e.